The maximum atomic E-state index is 5.20. The van der Waals surface area contributed by atoms with E-state index < -0.39 is 0 Å². The lowest BCUT2D eigenvalue weighted by Gasteiger charge is -2.12. The van der Waals surface area contributed by atoms with Crippen LogP contribution in [0, 0.1) is 0 Å². The lowest BCUT2D eigenvalue weighted by Crippen LogP contribution is -1.91. The van der Waals surface area contributed by atoms with E-state index in [1.54, 1.807) is 7.11 Å². The molecule has 0 N–H and O–H groups in total. The van der Waals surface area contributed by atoms with Crippen molar-refractivity contribution in [1.29, 1.82) is 0 Å². The molecule has 0 amide bonds. The van der Waals surface area contributed by atoms with Crippen LogP contribution in [0.2, 0.25) is 0 Å². The van der Waals surface area contributed by atoms with Crippen LogP contribution >= 0.6 is 0 Å². The van der Waals surface area contributed by atoms with Gasteiger partial charge in [0.15, 0.2) is 0 Å². The van der Waals surface area contributed by atoms with Crippen molar-refractivity contribution in [1.82, 2.24) is 0 Å². The molecule has 0 bridgehead atoms. The molecule has 142 valence electrons. The van der Waals surface area contributed by atoms with Gasteiger partial charge in [0, 0.05) is 6.42 Å². The maximum absolute atomic E-state index is 5.20. The number of allylic oxidation sites excluding steroid dienone is 1. The first-order valence-corrected chi connectivity index (χ1v) is 9.80. The second kappa shape index (κ2) is 8.62. The molecule has 0 atom stereocenters. The lowest BCUT2D eigenvalue weighted by atomic mass is 9.93. The molecule has 1 nitrogen and oxygen atoms in total. The van der Waals surface area contributed by atoms with Gasteiger partial charge in [-0.15, -0.1) is 0 Å². The van der Waals surface area contributed by atoms with Gasteiger partial charge in [-0.2, -0.15) is 0 Å². The summed E-state index contributed by atoms with van der Waals surface area (Å²) in [5, 5.41) is 0. The summed E-state index contributed by atoms with van der Waals surface area (Å²) in [6, 6.07) is 36.5. The van der Waals surface area contributed by atoms with Crippen molar-refractivity contribution in [2.75, 3.05) is 7.11 Å². The SMILES string of the molecule is C=C(Cc1ccc(-c2cc(-c3ccccc3)cc(-c3ccccc3)c2)cc1)OC. The van der Waals surface area contributed by atoms with E-state index in [0.717, 1.165) is 12.2 Å². The van der Waals surface area contributed by atoms with Crippen LogP contribution in [0.4, 0.5) is 0 Å². The van der Waals surface area contributed by atoms with Crippen molar-refractivity contribution in [3.8, 4) is 33.4 Å². The predicted molar refractivity (Wildman–Crippen MR) is 123 cm³/mol. The molecule has 0 aliphatic heterocycles. The number of methoxy groups -OCH3 is 1. The van der Waals surface area contributed by atoms with Crippen molar-refractivity contribution in [2.24, 2.45) is 0 Å². The highest BCUT2D eigenvalue weighted by Gasteiger charge is 2.08. The van der Waals surface area contributed by atoms with E-state index in [-0.39, 0.29) is 0 Å². The fraction of sp³-hybridized carbons (Fsp3) is 0.0714. The van der Waals surface area contributed by atoms with E-state index >= 15 is 0 Å². The number of hydrogen-bond donors (Lipinski definition) is 0. The van der Waals surface area contributed by atoms with Gasteiger partial charge >= 0.3 is 0 Å². The van der Waals surface area contributed by atoms with E-state index in [9.17, 15) is 0 Å². The van der Waals surface area contributed by atoms with Gasteiger partial charge < -0.3 is 4.74 Å². The average Bonchev–Trinajstić information content (AvgIpc) is 2.80. The van der Waals surface area contributed by atoms with Crippen LogP contribution in [0.5, 0.6) is 0 Å². The second-order valence-corrected chi connectivity index (χ2v) is 7.15. The smallest absolute Gasteiger partial charge is 0.0927 e. The van der Waals surface area contributed by atoms with Gasteiger partial charge in [0.1, 0.15) is 0 Å². The molecule has 0 spiro atoms. The summed E-state index contributed by atoms with van der Waals surface area (Å²) in [5.41, 5.74) is 8.49. The fourth-order valence-electron chi connectivity index (χ4n) is 3.50. The lowest BCUT2D eigenvalue weighted by molar-refractivity contribution is 0.285. The number of benzene rings is 4. The minimum absolute atomic E-state index is 0.732. The largest absolute Gasteiger partial charge is 0.501 e. The van der Waals surface area contributed by atoms with Gasteiger partial charge in [0.2, 0.25) is 0 Å². The highest BCUT2D eigenvalue weighted by molar-refractivity contribution is 5.81. The molecular formula is C28H24O. The Morgan fingerprint density at radius 1 is 0.586 bits per heavy atom. The van der Waals surface area contributed by atoms with Crippen molar-refractivity contribution >= 4 is 0 Å². The zero-order valence-corrected chi connectivity index (χ0v) is 16.6. The molecule has 4 aromatic rings. The average molecular weight is 376 g/mol. The van der Waals surface area contributed by atoms with Gasteiger partial charge in [-0.05, 0) is 57.1 Å². The quantitative estimate of drug-likeness (QED) is 0.319. The fourth-order valence-corrected chi connectivity index (χ4v) is 3.50. The minimum atomic E-state index is 0.732. The minimum Gasteiger partial charge on any atom is -0.501 e. The third-order valence-electron chi connectivity index (χ3n) is 5.12. The van der Waals surface area contributed by atoms with Crippen LogP contribution in [0.3, 0.4) is 0 Å². The molecule has 1 heteroatoms. The van der Waals surface area contributed by atoms with E-state index in [1.807, 2.05) is 0 Å². The molecule has 0 unspecified atom stereocenters. The highest BCUT2D eigenvalue weighted by Crippen LogP contribution is 2.33. The first-order valence-electron chi connectivity index (χ1n) is 9.80. The Hall–Kier alpha value is -3.58. The van der Waals surface area contributed by atoms with Crippen molar-refractivity contribution in [3.63, 3.8) is 0 Å². The summed E-state index contributed by atoms with van der Waals surface area (Å²) in [6.45, 7) is 3.92. The molecule has 29 heavy (non-hydrogen) atoms. The van der Waals surface area contributed by atoms with Gasteiger partial charge in [-0.1, -0.05) is 91.5 Å². The number of ether oxygens (including phenoxy) is 1. The molecule has 0 saturated heterocycles. The van der Waals surface area contributed by atoms with Crippen molar-refractivity contribution in [2.45, 2.75) is 6.42 Å². The first-order chi connectivity index (χ1) is 14.2. The molecular weight excluding hydrogens is 352 g/mol. The molecule has 0 heterocycles. The number of rotatable bonds is 6. The maximum Gasteiger partial charge on any atom is 0.0927 e. The Kier molecular flexibility index (Phi) is 5.58. The molecule has 0 aromatic heterocycles. The molecule has 0 aliphatic rings. The topological polar surface area (TPSA) is 9.23 Å². The Labute approximate surface area is 172 Å². The monoisotopic (exact) mass is 376 g/mol. The molecule has 4 rings (SSSR count). The Morgan fingerprint density at radius 3 is 1.41 bits per heavy atom. The Bertz CT molecular complexity index is 1040. The Balaban J connectivity index is 1.77. The first kappa shape index (κ1) is 18.8. The summed E-state index contributed by atoms with van der Waals surface area (Å²) in [5.74, 6) is 0.773. The third kappa shape index (κ3) is 4.47. The zero-order valence-electron chi connectivity index (χ0n) is 16.6. The Morgan fingerprint density at radius 2 is 1.00 bits per heavy atom. The van der Waals surface area contributed by atoms with Crippen molar-refractivity contribution in [3.05, 3.63) is 121 Å². The van der Waals surface area contributed by atoms with Gasteiger partial charge in [0.05, 0.1) is 12.9 Å². The van der Waals surface area contributed by atoms with E-state index in [0.29, 0.717) is 0 Å². The van der Waals surface area contributed by atoms with Crippen LogP contribution in [0.15, 0.2) is 115 Å². The van der Waals surface area contributed by atoms with E-state index in [4.69, 9.17) is 4.74 Å². The predicted octanol–water partition coefficient (Wildman–Crippen LogP) is 7.39. The van der Waals surface area contributed by atoms with Gasteiger partial charge in [-0.25, -0.2) is 0 Å². The second-order valence-electron chi connectivity index (χ2n) is 7.15. The molecule has 0 fully saturated rings. The van der Waals surface area contributed by atoms with E-state index in [2.05, 4.69) is 110 Å². The summed E-state index contributed by atoms with van der Waals surface area (Å²) < 4.78 is 5.20. The van der Waals surface area contributed by atoms with Gasteiger partial charge in [-0.3, -0.25) is 0 Å². The van der Waals surface area contributed by atoms with Crippen LogP contribution in [-0.4, -0.2) is 7.11 Å². The molecule has 0 saturated carbocycles. The zero-order chi connectivity index (χ0) is 20.1. The summed E-state index contributed by atoms with van der Waals surface area (Å²) in [6.07, 6.45) is 0.732. The van der Waals surface area contributed by atoms with Crippen LogP contribution in [-0.2, 0) is 11.2 Å². The summed E-state index contributed by atoms with van der Waals surface area (Å²) in [7, 11) is 1.66. The van der Waals surface area contributed by atoms with Crippen molar-refractivity contribution < 1.29 is 4.74 Å². The normalized spacial score (nSPS) is 10.5. The van der Waals surface area contributed by atoms with Crippen LogP contribution in [0.1, 0.15) is 5.56 Å². The van der Waals surface area contributed by atoms with Crippen LogP contribution < -0.4 is 0 Å². The molecule has 4 aromatic carbocycles. The van der Waals surface area contributed by atoms with Crippen LogP contribution in [0.25, 0.3) is 33.4 Å². The standard InChI is InChI=1S/C28H24O/c1-21(29-2)17-22-13-15-25(16-14-22)28-19-26(23-9-5-3-6-10-23)18-27(20-28)24-11-7-4-8-12-24/h3-16,18-20H,1,17H2,2H3. The highest BCUT2D eigenvalue weighted by atomic mass is 16.5. The van der Waals surface area contributed by atoms with Gasteiger partial charge in [0.25, 0.3) is 0 Å². The number of hydrogen-bond acceptors (Lipinski definition) is 1. The molecule has 0 radical (unpaired) electrons. The summed E-state index contributed by atoms with van der Waals surface area (Å²) in [4.78, 5) is 0. The molecule has 0 aliphatic carbocycles. The van der Waals surface area contributed by atoms with E-state index in [1.165, 1.54) is 38.9 Å². The summed E-state index contributed by atoms with van der Waals surface area (Å²) >= 11 is 0. The third-order valence-corrected chi connectivity index (χ3v) is 5.12.